The summed E-state index contributed by atoms with van der Waals surface area (Å²) in [4.78, 5) is 9.01. The van der Waals surface area contributed by atoms with Crippen molar-refractivity contribution in [1.82, 2.24) is 15.5 Å². The minimum Gasteiger partial charge on any atom is -0.367 e. The van der Waals surface area contributed by atoms with E-state index in [1.165, 1.54) is 0 Å². The molecule has 1 aromatic carbocycles. The van der Waals surface area contributed by atoms with Crippen LogP contribution < -0.4 is 15.5 Å². The zero-order valence-corrected chi connectivity index (χ0v) is 17.8. The summed E-state index contributed by atoms with van der Waals surface area (Å²) in [7, 11) is 0. The maximum atomic E-state index is 14.5. The van der Waals surface area contributed by atoms with E-state index in [1.54, 1.807) is 6.07 Å². The molecule has 142 valence electrons. The van der Waals surface area contributed by atoms with Gasteiger partial charge in [-0.2, -0.15) is 0 Å². The maximum Gasteiger partial charge on any atom is 0.191 e. The third-order valence-corrected chi connectivity index (χ3v) is 4.28. The Hall–Kier alpha value is -1.09. The van der Waals surface area contributed by atoms with Crippen LogP contribution in [0.4, 0.5) is 10.1 Å². The molecule has 0 unspecified atom stereocenters. The Labute approximate surface area is 168 Å². The first kappa shape index (κ1) is 22.0. The van der Waals surface area contributed by atoms with E-state index < -0.39 is 0 Å². The molecule has 0 spiro atoms. The van der Waals surface area contributed by atoms with Crippen LogP contribution in [0.5, 0.6) is 0 Å². The Morgan fingerprint density at radius 2 is 1.72 bits per heavy atom. The van der Waals surface area contributed by atoms with Gasteiger partial charge in [-0.15, -0.1) is 24.0 Å². The first-order valence-electron chi connectivity index (χ1n) is 8.95. The molecule has 2 rings (SSSR count). The normalized spacial score (nSPS) is 14.6. The third-order valence-electron chi connectivity index (χ3n) is 4.28. The zero-order valence-electron chi connectivity index (χ0n) is 15.5. The number of piperazine rings is 1. The molecule has 0 atom stereocenters. The first-order chi connectivity index (χ1) is 11.7. The lowest BCUT2D eigenvalue weighted by Gasteiger charge is -2.35. The van der Waals surface area contributed by atoms with Crippen LogP contribution in [-0.4, -0.2) is 56.7 Å². The molecule has 1 aliphatic heterocycles. The smallest absolute Gasteiger partial charge is 0.191 e. The van der Waals surface area contributed by atoms with Crippen LogP contribution in [0, 0.1) is 5.82 Å². The molecule has 1 aliphatic rings. The van der Waals surface area contributed by atoms with Crippen molar-refractivity contribution >= 4 is 35.6 Å². The molecule has 0 aromatic heterocycles. The zero-order chi connectivity index (χ0) is 17.4. The second-order valence-corrected chi connectivity index (χ2v) is 5.93. The number of rotatable bonds is 6. The van der Waals surface area contributed by atoms with Crippen molar-refractivity contribution in [3.63, 3.8) is 0 Å². The van der Waals surface area contributed by atoms with Gasteiger partial charge >= 0.3 is 0 Å². The maximum absolute atomic E-state index is 14.5. The summed E-state index contributed by atoms with van der Waals surface area (Å²) in [6.45, 7) is 13.1. The van der Waals surface area contributed by atoms with Crippen LogP contribution in [0.15, 0.2) is 23.2 Å². The Morgan fingerprint density at radius 3 is 2.24 bits per heavy atom. The van der Waals surface area contributed by atoms with Crippen molar-refractivity contribution in [3.8, 4) is 0 Å². The van der Waals surface area contributed by atoms with E-state index in [9.17, 15) is 4.39 Å². The minimum absolute atomic E-state index is 0. The summed E-state index contributed by atoms with van der Waals surface area (Å²) in [5.74, 6) is 0.612. The van der Waals surface area contributed by atoms with Crippen molar-refractivity contribution < 1.29 is 4.39 Å². The molecule has 2 N–H and O–H groups in total. The Balaban J connectivity index is 0.00000312. The van der Waals surface area contributed by atoms with E-state index in [0.29, 0.717) is 12.2 Å². The first-order valence-corrected chi connectivity index (χ1v) is 8.95. The van der Waals surface area contributed by atoms with E-state index in [4.69, 9.17) is 0 Å². The minimum atomic E-state index is -0.152. The number of aliphatic imine (C=N–C) groups is 1. The number of guanidine groups is 1. The number of benzene rings is 1. The molecule has 7 heteroatoms. The van der Waals surface area contributed by atoms with Gasteiger partial charge in [0.05, 0.1) is 12.2 Å². The molecule has 5 nitrogen and oxygen atoms in total. The fourth-order valence-electron chi connectivity index (χ4n) is 2.89. The number of hydrogen-bond acceptors (Lipinski definition) is 3. The van der Waals surface area contributed by atoms with Gasteiger partial charge in [0.25, 0.3) is 0 Å². The fourth-order valence-corrected chi connectivity index (χ4v) is 2.89. The summed E-state index contributed by atoms with van der Waals surface area (Å²) in [5, 5.41) is 6.35. The average Bonchev–Trinajstić information content (AvgIpc) is 2.60. The summed E-state index contributed by atoms with van der Waals surface area (Å²) in [5.41, 5.74) is 1.59. The largest absolute Gasteiger partial charge is 0.367 e. The average molecular weight is 463 g/mol. The number of likely N-dealkylation sites (N-methyl/N-ethyl adjacent to an activating group) is 1. The highest BCUT2D eigenvalue weighted by molar-refractivity contribution is 14.0. The predicted molar refractivity (Wildman–Crippen MR) is 115 cm³/mol. The summed E-state index contributed by atoms with van der Waals surface area (Å²) in [6, 6.07) is 5.48. The lowest BCUT2D eigenvalue weighted by molar-refractivity contribution is 0.270. The molecular formula is C18H31FIN5. The highest BCUT2D eigenvalue weighted by Gasteiger charge is 2.18. The van der Waals surface area contributed by atoms with E-state index in [0.717, 1.165) is 57.3 Å². The Morgan fingerprint density at radius 1 is 1.08 bits per heavy atom. The number of hydrogen-bond donors (Lipinski definition) is 2. The van der Waals surface area contributed by atoms with Crippen LogP contribution in [0.1, 0.15) is 26.3 Å². The number of nitrogens with zero attached hydrogens (tertiary/aromatic N) is 3. The number of anilines is 1. The van der Waals surface area contributed by atoms with Gasteiger partial charge in [-0.05, 0) is 38.1 Å². The highest BCUT2D eigenvalue weighted by Crippen LogP contribution is 2.22. The molecule has 1 aromatic rings. The van der Waals surface area contributed by atoms with Gasteiger partial charge in [0.15, 0.2) is 5.96 Å². The molecule has 1 saturated heterocycles. The van der Waals surface area contributed by atoms with Crippen LogP contribution in [0.25, 0.3) is 0 Å². The highest BCUT2D eigenvalue weighted by atomic mass is 127. The lowest BCUT2D eigenvalue weighted by Crippen LogP contribution is -2.46. The predicted octanol–water partition coefficient (Wildman–Crippen LogP) is 2.66. The van der Waals surface area contributed by atoms with Gasteiger partial charge in [0.1, 0.15) is 5.82 Å². The topological polar surface area (TPSA) is 42.9 Å². The van der Waals surface area contributed by atoms with Crippen molar-refractivity contribution in [2.75, 3.05) is 50.7 Å². The van der Waals surface area contributed by atoms with Gasteiger partial charge in [0.2, 0.25) is 0 Å². The Kier molecular flexibility index (Phi) is 10.1. The fraction of sp³-hybridized carbons (Fsp3) is 0.611. The molecule has 1 fully saturated rings. The van der Waals surface area contributed by atoms with Gasteiger partial charge < -0.3 is 20.4 Å². The Bertz CT molecular complexity index is 536. The van der Waals surface area contributed by atoms with Crippen LogP contribution in [-0.2, 0) is 6.54 Å². The van der Waals surface area contributed by atoms with Crippen LogP contribution in [0.2, 0.25) is 0 Å². The van der Waals surface area contributed by atoms with Crippen molar-refractivity contribution in [3.05, 3.63) is 29.6 Å². The van der Waals surface area contributed by atoms with Gasteiger partial charge in [-0.25, -0.2) is 9.38 Å². The van der Waals surface area contributed by atoms with Gasteiger partial charge in [0, 0.05) is 39.3 Å². The van der Waals surface area contributed by atoms with E-state index >= 15 is 0 Å². The van der Waals surface area contributed by atoms with Gasteiger partial charge in [-0.1, -0.05) is 13.0 Å². The van der Waals surface area contributed by atoms with Crippen LogP contribution >= 0.6 is 24.0 Å². The molecule has 0 saturated carbocycles. The quantitative estimate of drug-likeness (QED) is 0.387. The van der Waals surface area contributed by atoms with Gasteiger partial charge in [-0.3, -0.25) is 0 Å². The molecule has 0 aliphatic carbocycles. The van der Waals surface area contributed by atoms with E-state index in [-0.39, 0.29) is 29.8 Å². The van der Waals surface area contributed by atoms with E-state index in [1.807, 2.05) is 26.0 Å². The van der Waals surface area contributed by atoms with Crippen LogP contribution in [0.3, 0.4) is 0 Å². The van der Waals surface area contributed by atoms with E-state index in [2.05, 4.69) is 32.3 Å². The SMILES string of the molecule is CCNC(=NCc1ccc(N2CCN(CC)CC2)c(F)c1)NCC.I. The summed E-state index contributed by atoms with van der Waals surface area (Å²) in [6.07, 6.45) is 0. The summed E-state index contributed by atoms with van der Waals surface area (Å²) >= 11 is 0. The molecular weight excluding hydrogens is 432 g/mol. The lowest BCUT2D eigenvalue weighted by atomic mass is 10.1. The summed E-state index contributed by atoms with van der Waals surface area (Å²) < 4.78 is 14.5. The molecule has 0 amide bonds. The second kappa shape index (κ2) is 11.5. The van der Waals surface area contributed by atoms with Crippen molar-refractivity contribution in [1.29, 1.82) is 0 Å². The monoisotopic (exact) mass is 463 g/mol. The van der Waals surface area contributed by atoms with Crippen molar-refractivity contribution in [2.45, 2.75) is 27.3 Å². The molecule has 25 heavy (non-hydrogen) atoms. The molecule has 1 heterocycles. The third kappa shape index (κ3) is 6.62. The second-order valence-electron chi connectivity index (χ2n) is 5.93. The van der Waals surface area contributed by atoms with Crippen molar-refractivity contribution in [2.24, 2.45) is 4.99 Å². The number of nitrogens with one attached hydrogen (secondary N) is 2. The number of halogens is 2. The molecule has 0 bridgehead atoms. The molecule has 0 radical (unpaired) electrons. The standard InChI is InChI=1S/C18H30FN5.HI/c1-4-20-18(21-5-2)22-14-15-7-8-17(16(19)13-15)24-11-9-23(6-3)10-12-24;/h7-8,13H,4-6,9-12,14H2,1-3H3,(H2,20,21,22);1H.